The summed E-state index contributed by atoms with van der Waals surface area (Å²) in [5.41, 5.74) is 2.04. The van der Waals surface area contributed by atoms with Gasteiger partial charge in [-0.05, 0) is 54.8 Å². The molecule has 2 amide bonds. The number of amides is 2. The lowest BCUT2D eigenvalue weighted by Gasteiger charge is -2.14. The van der Waals surface area contributed by atoms with Crippen molar-refractivity contribution in [2.45, 2.75) is 27.7 Å². The van der Waals surface area contributed by atoms with Gasteiger partial charge < -0.3 is 20.1 Å². The third kappa shape index (κ3) is 7.70. The Morgan fingerprint density at radius 3 is 2.38 bits per heavy atom. The molecule has 0 aliphatic carbocycles. The summed E-state index contributed by atoms with van der Waals surface area (Å²) < 4.78 is 11.5. The van der Waals surface area contributed by atoms with Crippen LogP contribution in [0, 0.1) is 5.92 Å². The van der Waals surface area contributed by atoms with Gasteiger partial charge in [0, 0.05) is 24.4 Å². The number of carbonyl (C=O) groups excluding carboxylic acids is 2. The molecular formula is C23H28N2O4. The predicted octanol–water partition coefficient (Wildman–Crippen LogP) is 4.73. The largest absolute Gasteiger partial charge is 0.490 e. The molecule has 0 saturated heterocycles. The zero-order chi connectivity index (χ0) is 21.2. The highest BCUT2D eigenvalue weighted by Crippen LogP contribution is 2.29. The van der Waals surface area contributed by atoms with Gasteiger partial charge in [0.25, 0.3) is 0 Å². The quantitative estimate of drug-likeness (QED) is 0.601. The van der Waals surface area contributed by atoms with Gasteiger partial charge in [-0.1, -0.05) is 26.0 Å². The molecule has 6 heteroatoms. The number of rotatable bonds is 9. The van der Waals surface area contributed by atoms with Gasteiger partial charge >= 0.3 is 0 Å². The van der Waals surface area contributed by atoms with E-state index in [9.17, 15) is 9.59 Å². The standard InChI is InChI=1S/C23H28N2O4/c1-5-28-22-13-18(9-11-21(22)29-15-16(2)3)10-12-23(27)25-20-8-6-7-19(14-20)24-17(4)26/h6-14,16H,5,15H2,1-4H3,(H,24,26)(H,25,27). The third-order valence-corrected chi connectivity index (χ3v) is 3.72. The van der Waals surface area contributed by atoms with Crippen LogP contribution in [0.25, 0.3) is 6.08 Å². The van der Waals surface area contributed by atoms with Crippen molar-refractivity contribution in [2.24, 2.45) is 5.92 Å². The highest BCUT2D eigenvalue weighted by molar-refractivity contribution is 6.02. The second kappa shape index (κ2) is 10.9. The summed E-state index contributed by atoms with van der Waals surface area (Å²) in [5.74, 6) is 1.31. The maximum absolute atomic E-state index is 12.2. The number of carbonyl (C=O) groups is 2. The van der Waals surface area contributed by atoms with Gasteiger partial charge in [-0.25, -0.2) is 0 Å². The Hall–Kier alpha value is -3.28. The highest BCUT2D eigenvalue weighted by Gasteiger charge is 2.07. The van der Waals surface area contributed by atoms with E-state index in [2.05, 4.69) is 24.5 Å². The number of anilines is 2. The van der Waals surface area contributed by atoms with Crippen LogP contribution in [0.5, 0.6) is 11.5 Å². The van der Waals surface area contributed by atoms with Gasteiger partial charge in [0.1, 0.15) is 0 Å². The van der Waals surface area contributed by atoms with Crippen molar-refractivity contribution >= 4 is 29.3 Å². The molecule has 0 aliphatic rings. The summed E-state index contributed by atoms with van der Waals surface area (Å²) in [6.45, 7) is 8.65. The van der Waals surface area contributed by atoms with E-state index >= 15 is 0 Å². The smallest absolute Gasteiger partial charge is 0.248 e. The Bertz CT molecular complexity index is 875. The summed E-state index contributed by atoms with van der Waals surface area (Å²) in [4.78, 5) is 23.4. The SMILES string of the molecule is CCOc1cc(C=CC(=O)Nc2cccc(NC(C)=O)c2)ccc1OCC(C)C. The van der Waals surface area contributed by atoms with Gasteiger partial charge in [-0.15, -0.1) is 0 Å². The summed E-state index contributed by atoms with van der Waals surface area (Å²) >= 11 is 0. The molecule has 2 aromatic carbocycles. The van der Waals surface area contributed by atoms with E-state index in [0.29, 0.717) is 42.0 Å². The van der Waals surface area contributed by atoms with E-state index in [1.54, 1.807) is 30.3 Å². The maximum Gasteiger partial charge on any atom is 0.248 e. The monoisotopic (exact) mass is 396 g/mol. The second-order valence-electron chi connectivity index (χ2n) is 6.93. The van der Waals surface area contributed by atoms with Gasteiger partial charge in [0.05, 0.1) is 13.2 Å². The Labute approximate surface area is 171 Å². The molecule has 0 radical (unpaired) electrons. The highest BCUT2D eigenvalue weighted by atomic mass is 16.5. The first-order valence-electron chi connectivity index (χ1n) is 9.63. The second-order valence-corrected chi connectivity index (χ2v) is 6.93. The molecule has 6 nitrogen and oxygen atoms in total. The van der Waals surface area contributed by atoms with E-state index in [-0.39, 0.29) is 11.8 Å². The van der Waals surface area contributed by atoms with Crippen LogP contribution in [0.1, 0.15) is 33.3 Å². The molecule has 0 spiro atoms. The predicted molar refractivity (Wildman–Crippen MR) is 116 cm³/mol. The minimum absolute atomic E-state index is 0.167. The summed E-state index contributed by atoms with van der Waals surface area (Å²) in [7, 11) is 0. The molecule has 0 heterocycles. The van der Waals surface area contributed by atoms with Crippen molar-refractivity contribution in [3.63, 3.8) is 0 Å². The minimum atomic E-state index is -0.275. The average molecular weight is 396 g/mol. The van der Waals surface area contributed by atoms with E-state index in [4.69, 9.17) is 9.47 Å². The fourth-order valence-electron chi connectivity index (χ4n) is 2.51. The topological polar surface area (TPSA) is 76.7 Å². The first-order chi connectivity index (χ1) is 13.9. The molecule has 2 aromatic rings. The van der Waals surface area contributed by atoms with Gasteiger partial charge in [0.2, 0.25) is 11.8 Å². The fraction of sp³-hybridized carbons (Fsp3) is 0.304. The van der Waals surface area contributed by atoms with Crippen LogP contribution in [-0.2, 0) is 9.59 Å². The van der Waals surface area contributed by atoms with Crippen LogP contribution in [0.4, 0.5) is 11.4 Å². The van der Waals surface area contributed by atoms with Crippen molar-refractivity contribution in [1.82, 2.24) is 0 Å². The van der Waals surface area contributed by atoms with E-state index < -0.39 is 0 Å². The lowest BCUT2D eigenvalue weighted by molar-refractivity contribution is -0.114. The maximum atomic E-state index is 12.2. The van der Waals surface area contributed by atoms with E-state index in [1.807, 2.05) is 25.1 Å². The number of hydrogen-bond acceptors (Lipinski definition) is 4. The molecule has 0 bridgehead atoms. The molecule has 2 rings (SSSR count). The van der Waals surface area contributed by atoms with Crippen molar-refractivity contribution in [3.05, 3.63) is 54.1 Å². The van der Waals surface area contributed by atoms with Crippen molar-refractivity contribution in [2.75, 3.05) is 23.8 Å². The van der Waals surface area contributed by atoms with Crippen molar-refractivity contribution < 1.29 is 19.1 Å². The molecule has 0 saturated carbocycles. The minimum Gasteiger partial charge on any atom is -0.490 e. The zero-order valence-corrected chi connectivity index (χ0v) is 17.3. The van der Waals surface area contributed by atoms with Crippen LogP contribution >= 0.6 is 0 Å². The molecular weight excluding hydrogens is 368 g/mol. The first-order valence-corrected chi connectivity index (χ1v) is 9.63. The summed E-state index contributed by atoms with van der Waals surface area (Å²) in [6.07, 6.45) is 3.16. The zero-order valence-electron chi connectivity index (χ0n) is 17.3. The fourth-order valence-corrected chi connectivity index (χ4v) is 2.51. The number of benzene rings is 2. The van der Waals surface area contributed by atoms with E-state index in [1.165, 1.54) is 13.0 Å². The van der Waals surface area contributed by atoms with Crippen LogP contribution in [-0.4, -0.2) is 25.0 Å². The number of ether oxygens (including phenoxy) is 2. The van der Waals surface area contributed by atoms with Crippen molar-refractivity contribution in [3.8, 4) is 11.5 Å². The lowest BCUT2D eigenvalue weighted by Crippen LogP contribution is -2.09. The molecule has 0 aromatic heterocycles. The van der Waals surface area contributed by atoms with Gasteiger partial charge in [0.15, 0.2) is 11.5 Å². The molecule has 154 valence electrons. The molecule has 0 atom stereocenters. The van der Waals surface area contributed by atoms with Crippen LogP contribution in [0.2, 0.25) is 0 Å². The molecule has 0 aliphatic heterocycles. The average Bonchev–Trinajstić information content (AvgIpc) is 2.65. The summed E-state index contributed by atoms with van der Waals surface area (Å²) in [6, 6.07) is 12.5. The molecule has 29 heavy (non-hydrogen) atoms. The molecule has 2 N–H and O–H groups in total. The Balaban J connectivity index is 2.05. The van der Waals surface area contributed by atoms with Gasteiger partial charge in [-0.2, -0.15) is 0 Å². The Kier molecular flexibility index (Phi) is 8.27. The van der Waals surface area contributed by atoms with Crippen LogP contribution < -0.4 is 20.1 Å². The first kappa shape index (κ1) is 22.0. The van der Waals surface area contributed by atoms with Crippen molar-refractivity contribution in [1.29, 1.82) is 0 Å². The number of hydrogen-bond donors (Lipinski definition) is 2. The van der Waals surface area contributed by atoms with Crippen LogP contribution in [0.3, 0.4) is 0 Å². The molecule has 0 fully saturated rings. The van der Waals surface area contributed by atoms with Gasteiger partial charge in [-0.3, -0.25) is 9.59 Å². The van der Waals surface area contributed by atoms with E-state index in [0.717, 1.165) is 5.56 Å². The lowest BCUT2D eigenvalue weighted by atomic mass is 10.1. The Morgan fingerprint density at radius 2 is 1.72 bits per heavy atom. The Morgan fingerprint density at radius 1 is 1.00 bits per heavy atom. The molecule has 0 unspecified atom stereocenters. The third-order valence-electron chi connectivity index (χ3n) is 3.72. The van der Waals surface area contributed by atoms with Crippen LogP contribution in [0.15, 0.2) is 48.5 Å². The summed E-state index contributed by atoms with van der Waals surface area (Å²) in [5, 5.41) is 5.46. The normalized spacial score (nSPS) is 10.8. The number of nitrogens with one attached hydrogen (secondary N) is 2.